The predicted octanol–water partition coefficient (Wildman–Crippen LogP) is 3.20. The molecule has 0 aromatic heterocycles. The monoisotopic (exact) mass is 319 g/mol. The first-order valence-corrected chi connectivity index (χ1v) is 8.52. The lowest BCUT2D eigenvalue weighted by atomic mass is 9.85. The molecule has 2 rings (SSSR count). The summed E-state index contributed by atoms with van der Waals surface area (Å²) in [5.74, 6) is 0.174. The van der Waals surface area contributed by atoms with Crippen LogP contribution in [0.5, 0.6) is 0 Å². The van der Waals surface area contributed by atoms with E-state index in [2.05, 4.69) is 29.4 Å². The summed E-state index contributed by atoms with van der Waals surface area (Å²) in [5, 5.41) is 15.4. The standard InChI is InChI=1S/C18H29N3O2/c1-13(2)21(3)16-9-6-8-15(11-16)19-18(23)20-17-10-5-4-7-14(17)12-22/h6,8-9,11,13-14,17,22H,4-5,7,10,12H2,1-3H3,(H2,19,20,23). The van der Waals surface area contributed by atoms with Gasteiger partial charge in [-0.15, -0.1) is 0 Å². The molecular weight excluding hydrogens is 290 g/mol. The molecule has 0 spiro atoms. The molecule has 2 amide bonds. The van der Waals surface area contributed by atoms with Crippen molar-refractivity contribution >= 4 is 17.4 Å². The van der Waals surface area contributed by atoms with Crippen molar-refractivity contribution in [1.82, 2.24) is 5.32 Å². The Kier molecular flexibility index (Phi) is 6.28. The SMILES string of the molecule is CC(C)N(C)c1cccc(NC(=O)NC2CCCCC2CO)c1. The summed E-state index contributed by atoms with van der Waals surface area (Å²) in [6.45, 7) is 4.40. The van der Waals surface area contributed by atoms with Crippen molar-refractivity contribution in [3.8, 4) is 0 Å². The molecule has 5 heteroatoms. The van der Waals surface area contributed by atoms with Crippen LogP contribution in [-0.2, 0) is 0 Å². The molecule has 23 heavy (non-hydrogen) atoms. The van der Waals surface area contributed by atoms with E-state index in [0.717, 1.165) is 37.1 Å². The van der Waals surface area contributed by atoms with Crippen LogP contribution >= 0.6 is 0 Å². The highest BCUT2D eigenvalue weighted by molar-refractivity contribution is 5.90. The van der Waals surface area contributed by atoms with Crippen molar-refractivity contribution < 1.29 is 9.90 Å². The normalized spacial score (nSPS) is 21.1. The van der Waals surface area contributed by atoms with Crippen LogP contribution in [0.1, 0.15) is 39.5 Å². The fraction of sp³-hybridized carbons (Fsp3) is 0.611. The van der Waals surface area contributed by atoms with Crippen LogP contribution < -0.4 is 15.5 Å². The van der Waals surface area contributed by atoms with E-state index >= 15 is 0 Å². The molecule has 1 fully saturated rings. The minimum Gasteiger partial charge on any atom is -0.396 e. The van der Waals surface area contributed by atoms with E-state index in [4.69, 9.17) is 0 Å². The summed E-state index contributed by atoms with van der Waals surface area (Å²) in [4.78, 5) is 14.4. The minimum absolute atomic E-state index is 0.0651. The fourth-order valence-electron chi connectivity index (χ4n) is 3.05. The summed E-state index contributed by atoms with van der Waals surface area (Å²) in [6, 6.07) is 8.11. The average Bonchev–Trinajstić information content (AvgIpc) is 2.54. The van der Waals surface area contributed by atoms with Crippen molar-refractivity contribution in [1.29, 1.82) is 0 Å². The Morgan fingerprint density at radius 1 is 1.35 bits per heavy atom. The number of carbonyl (C=O) groups is 1. The Morgan fingerprint density at radius 2 is 2.09 bits per heavy atom. The Bertz CT molecular complexity index is 519. The first-order chi connectivity index (χ1) is 11.0. The molecule has 1 aliphatic carbocycles. The third-order valence-corrected chi connectivity index (χ3v) is 4.75. The van der Waals surface area contributed by atoms with Gasteiger partial charge in [0.2, 0.25) is 0 Å². The molecule has 1 aliphatic rings. The van der Waals surface area contributed by atoms with Crippen molar-refractivity contribution in [3.63, 3.8) is 0 Å². The van der Waals surface area contributed by atoms with Gasteiger partial charge in [0, 0.05) is 43.0 Å². The van der Waals surface area contributed by atoms with Gasteiger partial charge in [0.15, 0.2) is 0 Å². The van der Waals surface area contributed by atoms with Gasteiger partial charge in [-0.2, -0.15) is 0 Å². The predicted molar refractivity (Wildman–Crippen MR) is 95.0 cm³/mol. The zero-order valence-electron chi connectivity index (χ0n) is 14.4. The first kappa shape index (κ1) is 17.6. The smallest absolute Gasteiger partial charge is 0.319 e. The minimum atomic E-state index is -0.195. The second-order valence-electron chi connectivity index (χ2n) is 6.69. The summed E-state index contributed by atoms with van der Waals surface area (Å²) < 4.78 is 0. The number of aliphatic hydroxyl groups is 1. The van der Waals surface area contributed by atoms with E-state index in [1.54, 1.807) is 0 Å². The zero-order chi connectivity index (χ0) is 16.8. The van der Waals surface area contributed by atoms with E-state index in [0.29, 0.717) is 6.04 Å². The third kappa shape index (κ3) is 4.86. The summed E-state index contributed by atoms with van der Waals surface area (Å²) >= 11 is 0. The van der Waals surface area contributed by atoms with Crippen molar-refractivity contribution in [2.24, 2.45) is 5.92 Å². The van der Waals surface area contributed by atoms with Crippen LogP contribution in [0.25, 0.3) is 0 Å². The Hall–Kier alpha value is -1.75. The number of carbonyl (C=O) groups excluding carboxylic acids is 1. The quantitative estimate of drug-likeness (QED) is 0.781. The molecule has 0 bridgehead atoms. The van der Waals surface area contributed by atoms with Crippen LogP contribution in [0.4, 0.5) is 16.2 Å². The maximum Gasteiger partial charge on any atom is 0.319 e. The van der Waals surface area contributed by atoms with Gasteiger partial charge in [-0.25, -0.2) is 4.79 Å². The Labute approximate surface area is 139 Å². The second-order valence-corrected chi connectivity index (χ2v) is 6.69. The highest BCUT2D eigenvalue weighted by Crippen LogP contribution is 2.24. The van der Waals surface area contributed by atoms with E-state index < -0.39 is 0 Å². The average molecular weight is 319 g/mol. The molecule has 1 aromatic carbocycles. The van der Waals surface area contributed by atoms with Gasteiger partial charge in [-0.05, 0) is 44.9 Å². The fourth-order valence-corrected chi connectivity index (χ4v) is 3.05. The van der Waals surface area contributed by atoms with Gasteiger partial charge < -0.3 is 20.6 Å². The van der Waals surface area contributed by atoms with Crippen molar-refractivity contribution in [3.05, 3.63) is 24.3 Å². The molecule has 0 radical (unpaired) electrons. The number of nitrogens with zero attached hydrogens (tertiary/aromatic N) is 1. The van der Waals surface area contributed by atoms with Gasteiger partial charge in [0.1, 0.15) is 0 Å². The van der Waals surface area contributed by atoms with Gasteiger partial charge in [0.25, 0.3) is 0 Å². The van der Waals surface area contributed by atoms with Crippen molar-refractivity contribution in [2.75, 3.05) is 23.9 Å². The number of hydrogen-bond donors (Lipinski definition) is 3. The van der Waals surface area contributed by atoms with Crippen LogP contribution in [0.15, 0.2) is 24.3 Å². The molecule has 0 aliphatic heterocycles. The van der Waals surface area contributed by atoms with Crippen LogP contribution in [0.2, 0.25) is 0 Å². The number of urea groups is 1. The molecule has 2 atom stereocenters. The topological polar surface area (TPSA) is 64.6 Å². The number of anilines is 2. The van der Waals surface area contributed by atoms with E-state index in [9.17, 15) is 9.90 Å². The maximum absolute atomic E-state index is 12.2. The number of aliphatic hydroxyl groups excluding tert-OH is 1. The summed E-state index contributed by atoms with van der Waals surface area (Å²) in [7, 11) is 2.04. The van der Waals surface area contributed by atoms with Gasteiger partial charge in [-0.3, -0.25) is 0 Å². The number of hydrogen-bond acceptors (Lipinski definition) is 3. The van der Waals surface area contributed by atoms with Crippen LogP contribution in [0.3, 0.4) is 0 Å². The molecule has 0 heterocycles. The van der Waals surface area contributed by atoms with Crippen molar-refractivity contribution in [2.45, 2.75) is 51.6 Å². The Balaban J connectivity index is 1.96. The molecule has 128 valence electrons. The number of benzene rings is 1. The lowest BCUT2D eigenvalue weighted by Crippen LogP contribution is -2.45. The molecule has 3 N–H and O–H groups in total. The number of nitrogens with one attached hydrogen (secondary N) is 2. The van der Waals surface area contributed by atoms with Crippen LogP contribution in [-0.4, -0.2) is 36.9 Å². The Morgan fingerprint density at radius 3 is 2.78 bits per heavy atom. The third-order valence-electron chi connectivity index (χ3n) is 4.75. The molecule has 0 saturated heterocycles. The molecule has 1 saturated carbocycles. The molecule has 1 aromatic rings. The summed E-state index contributed by atoms with van der Waals surface area (Å²) in [5.41, 5.74) is 1.85. The zero-order valence-corrected chi connectivity index (χ0v) is 14.4. The first-order valence-electron chi connectivity index (χ1n) is 8.52. The van der Waals surface area contributed by atoms with Gasteiger partial charge in [0.05, 0.1) is 0 Å². The number of rotatable bonds is 5. The van der Waals surface area contributed by atoms with E-state index in [1.165, 1.54) is 0 Å². The highest BCUT2D eigenvalue weighted by atomic mass is 16.3. The van der Waals surface area contributed by atoms with Gasteiger partial charge >= 0.3 is 6.03 Å². The molecule has 2 unspecified atom stereocenters. The lowest BCUT2D eigenvalue weighted by molar-refractivity contribution is 0.156. The van der Waals surface area contributed by atoms with E-state index in [-0.39, 0.29) is 24.6 Å². The van der Waals surface area contributed by atoms with Gasteiger partial charge in [-0.1, -0.05) is 18.9 Å². The largest absolute Gasteiger partial charge is 0.396 e. The maximum atomic E-state index is 12.2. The summed E-state index contributed by atoms with van der Waals surface area (Å²) in [6.07, 6.45) is 4.16. The highest BCUT2D eigenvalue weighted by Gasteiger charge is 2.25. The molecular formula is C18H29N3O2. The number of amides is 2. The van der Waals surface area contributed by atoms with E-state index in [1.807, 2.05) is 31.3 Å². The molecule has 5 nitrogen and oxygen atoms in total. The van der Waals surface area contributed by atoms with Crippen LogP contribution in [0, 0.1) is 5.92 Å². The lowest BCUT2D eigenvalue weighted by Gasteiger charge is -2.30. The second kappa shape index (κ2) is 8.20.